The maximum Gasteiger partial charge on any atom is 0.267 e. The van der Waals surface area contributed by atoms with Crippen LogP contribution in [0.2, 0.25) is 0 Å². The summed E-state index contributed by atoms with van der Waals surface area (Å²) < 4.78 is 18.6. The number of pyridine rings is 1. The molecule has 5 N–H and O–H groups in total. The van der Waals surface area contributed by atoms with E-state index >= 15 is 0 Å². The summed E-state index contributed by atoms with van der Waals surface area (Å²) in [5.41, 5.74) is 10.9. The third-order valence-corrected chi connectivity index (χ3v) is 3.45. The molecule has 0 saturated carbocycles. The molecular weight excluding hydrogens is 367 g/mol. The molecule has 0 saturated heterocycles. The Morgan fingerprint density at radius 1 is 1.04 bits per heavy atom. The lowest BCUT2D eigenvalue weighted by Gasteiger charge is -2.09. The SMILES string of the molecule is NC(=O)CNc1cc(C(N)=O)nc(-c2ccc(Oc3cccc(F)n3)cc2)n1. The molecule has 0 aliphatic carbocycles. The topological polar surface area (TPSA) is 146 Å². The number of rotatable bonds is 7. The van der Waals surface area contributed by atoms with Gasteiger partial charge in [0.25, 0.3) is 5.91 Å². The van der Waals surface area contributed by atoms with E-state index in [1.807, 2.05) is 0 Å². The molecule has 0 atom stereocenters. The van der Waals surface area contributed by atoms with Crippen LogP contribution in [0.1, 0.15) is 10.5 Å². The van der Waals surface area contributed by atoms with E-state index in [0.717, 1.165) is 0 Å². The van der Waals surface area contributed by atoms with E-state index in [4.69, 9.17) is 16.2 Å². The molecule has 2 aromatic heterocycles. The summed E-state index contributed by atoms with van der Waals surface area (Å²) in [4.78, 5) is 34.4. The van der Waals surface area contributed by atoms with Crippen molar-refractivity contribution in [1.29, 1.82) is 0 Å². The molecule has 2 amide bonds. The first-order valence-corrected chi connectivity index (χ1v) is 8.02. The smallest absolute Gasteiger partial charge is 0.267 e. The Labute approximate surface area is 158 Å². The highest BCUT2D eigenvalue weighted by molar-refractivity contribution is 5.92. The van der Waals surface area contributed by atoms with Crippen molar-refractivity contribution in [3.8, 4) is 23.0 Å². The van der Waals surface area contributed by atoms with Crippen molar-refractivity contribution in [3.05, 3.63) is 60.2 Å². The lowest BCUT2D eigenvalue weighted by molar-refractivity contribution is -0.116. The highest BCUT2D eigenvalue weighted by Crippen LogP contribution is 2.24. The zero-order chi connectivity index (χ0) is 20.1. The van der Waals surface area contributed by atoms with Gasteiger partial charge in [-0.1, -0.05) is 6.07 Å². The van der Waals surface area contributed by atoms with E-state index in [0.29, 0.717) is 11.3 Å². The van der Waals surface area contributed by atoms with Crippen molar-refractivity contribution in [2.45, 2.75) is 0 Å². The van der Waals surface area contributed by atoms with Crippen LogP contribution in [0.25, 0.3) is 11.4 Å². The van der Waals surface area contributed by atoms with Crippen LogP contribution in [-0.2, 0) is 4.79 Å². The lowest BCUT2D eigenvalue weighted by atomic mass is 10.2. The lowest BCUT2D eigenvalue weighted by Crippen LogP contribution is -2.23. The number of aromatic nitrogens is 3. The number of hydrogen-bond acceptors (Lipinski definition) is 7. The molecule has 0 unspecified atom stereocenters. The number of primary amides is 2. The van der Waals surface area contributed by atoms with Gasteiger partial charge in [-0.25, -0.2) is 9.97 Å². The fraction of sp³-hybridized carbons (Fsp3) is 0.0556. The van der Waals surface area contributed by atoms with Crippen LogP contribution in [0.5, 0.6) is 11.6 Å². The number of anilines is 1. The minimum absolute atomic E-state index is 0.0266. The molecule has 10 heteroatoms. The summed E-state index contributed by atoms with van der Waals surface area (Å²) in [6.07, 6.45) is 0. The van der Waals surface area contributed by atoms with Crippen LogP contribution < -0.4 is 21.5 Å². The van der Waals surface area contributed by atoms with Gasteiger partial charge >= 0.3 is 0 Å². The van der Waals surface area contributed by atoms with E-state index < -0.39 is 17.8 Å². The normalized spacial score (nSPS) is 10.3. The molecule has 3 aromatic rings. The molecule has 0 fully saturated rings. The van der Waals surface area contributed by atoms with Gasteiger partial charge < -0.3 is 21.5 Å². The van der Waals surface area contributed by atoms with Crippen LogP contribution >= 0.6 is 0 Å². The standard InChI is InChI=1S/C18H15FN6O3/c19-13-2-1-3-16(24-13)28-11-6-4-10(5-7-11)18-23-12(17(21)27)8-15(25-18)22-9-14(20)26/h1-8H,9H2,(H2,20,26)(H2,21,27)(H,22,23,25). The number of hydrogen-bond donors (Lipinski definition) is 3. The summed E-state index contributed by atoms with van der Waals surface area (Å²) in [6, 6.07) is 12.0. The maximum atomic E-state index is 13.1. The fourth-order valence-electron chi connectivity index (χ4n) is 2.21. The molecule has 3 rings (SSSR count). The first-order chi connectivity index (χ1) is 13.4. The van der Waals surface area contributed by atoms with Crippen LogP contribution in [0.4, 0.5) is 10.2 Å². The van der Waals surface area contributed by atoms with Gasteiger partial charge in [0.05, 0.1) is 6.54 Å². The molecule has 9 nitrogen and oxygen atoms in total. The Balaban J connectivity index is 1.85. The van der Waals surface area contributed by atoms with Crippen LogP contribution in [-0.4, -0.2) is 33.3 Å². The quantitative estimate of drug-likeness (QED) is 0.524. The third kappa shape index (κ3) is 4.75. The van der Waals surface area contributed by atoms with E-state index in [1.165, 1.54) is 24.3 Å². The summed E-state index contributed by atoms with van der Waals surface area (Å²) in [5.74, 6) is -1.03. The Bertz CT molecular complexity index is 1030. The minimum Gasteiger partial charge on any atom is -0.439 e. The Kier molecular flexibility index (Phi) is 5.40. The average Bonchev–Trinajstić information content (AvgIpc) is 2.67. The van der Waals surface area contributed by atoms with Crippen molar-refractivity contribution in [2.75, 3.05) is 11.9 Å². The third-order valence-electron chi connectivity index (χ3n) is 3.45. The number of ether oxygens (including phenoxy) is 1. The first kappa shape index (κ1) is 18.7. The number of nitrogens with zero attached hydrogens (tertiary/aromatic N) is 3. The second kappa shape index (κ2) is 8.08. The Morgan fingerprint density at radius 2 is 1.79 bits per heavy atom. The van der Waals surface area contributed by atoms with Crippen molar-refractivity contribution in [2.24, 2.45) is 11.5 Å². The summed E-state index contributed by atoms with van der Waals surface area (Å²) in [6.45, 7) is -0.165. The van der Waals surface area contributed by atoms with E-state index in [2.05, 4.69) is 20.3 Å². The molecule has 0 aliphatic rings. The Hall–Kier alpha value is -4.08. The van der Waals surface area contributed by atoms with Crippen molar-refractivity contribution in [1.82, 2.24) is 15.0 Å². The van der Waals surface area contributed by atoms with Gasteiger partial charge in [-0.15, -0.1) is 0 Å². The predicted molar refractivity (Wildman–Crippen MR) is 97.9 cm³/mol. The molecule has 1 aromatic carbocycles. The number of nitrogens with one attached hydrogen (secondary N) is 1. The maximum absolute atomic E-state index is 13.1. The number of benzene rings is 1. The molecule has 0 bridgehead atoms. The minimum atomic E-state index is -0.747. The van der Waals surface area contributed by atoms with Crippen molar-refractivity contribution < 1.29 is 18.7 Å². The van der Waals surface area contributed by atoms with Gasteiger partial charge in [-0.2, -0.15) is 9.37 Å². The van der Waals surface area contributed by atoms with Gasteiger partial charge in [0.2, 0.25) is 17.7 Å². The summed E-state index contributed by atoms with van der Waals surface area (Å²) in [7, 11) is 0. The van der Waals surface area contributed by atoms with Gasteiger partial charge in [0.15, 0.2) is 5.82 Å². The second-order valence-corrected chi connectivity index (χ2v) is 5.57. The van der Waals surface area contributed by atoms with E-state index in [1.54, 1.807) is 24.3 Å². The zero-order valence-corrected chi connectivity index (χ0v) is 14.4. The largest absolute Gasteiger partial charge is 0.439 e. The van der Waals surface area contributed by atoms with Crippen molar-refractivity contribution >= 4 is 17.6 Å². The zero-order valence-electron chi connectivity index (χ0n) is 14.4. The fourth-order valence-corrected chi connectivity index (χ4v) is 2.21. The highest BCUT2D eigenvalue weighted by Gasteiger charge is 2.11. The molecule has 2 heterocycles. The number of amides is 2. The highest BCUT2D eigenvalue weighted by atomic mass is 19.1. The van der Waals surface area contributed by atoms with E-state index in [9.17, 15) is 14.0 Å². The first-order valence-electron chi connectivity index (χ1n) is 8.02. The average molecular weight is 382 g/mol. The molecule has 0 radical (unpaired) electrons. The number of halogens is 1. The number of carbonyl (C=O) groups excluding carboxylic acids is 2. The van der Waals surface area contributed by atoms with Gasteiger partial charge in [-0.05, 0) is 30.3 Å². The summed E-state index contributed by atoms with van der Waals surface area (Å²) in [5, 5.41) is 2.70. The molecular formula is C18H15FN6O3. The van der Waals surface area contributed by atoms with Gasteiger partial charge in [-0.3, -0.25) is 9.59 Å². The molecule has 28 heavy (non-hydrogen) atoms. The van der Waals surface area contributed by atoms with Crippen LogP contribution in [0.3, 0.4) is 0 Å². The predicted octanol–water partition coefficient (Wildman–Crippen LogP) is 1.47. The number of nitrogens with two attached hydrogens (primary N) is 2. The molecule has 0 aliphatic heterocycles. The van der Waals surface area contributed by atoms with Crippen LogP contribution in [0.15, 0.2) is 48.5 Å². The van der Waals surface area contributed by atoms with Gasteiger partial charge in [0, 0.05) is 17.7 Å². The number of carbonyl (C=O) groups is 2. The van der Waals surface area contributed by atoms with Crippen LogP contribution in [0, 0.1) is 5.95 Å². The molecule has 142 valence electrons. The molecule has 0 spiro atoms. The Morgan fingerprint density at radius 3 is 2.43 bits per heavy atom. The summed E-state index contributed by atoms with van der Waals surface area (Å²) >= 11 is 0. The van der Waals surface area contributed by atoms with E-state index in [-0.39, 0.29) is 29.8 Å². The van der Waals surface area contributed by atoms with Gasteiger partial charge in [0.1, 0.15) is 17.3 Å². The second-order valence-electron chi connectivity index (χ2n) is 5.57. The van der Waals surface area contributed by atoms with Crippen molar-refractivity contribution in [3.63, 3.8) is 0 Å². The monoisotopic (exact) mass is 382 g/mol.